The molecular formula is C14H16F2N4. The lowest BCUT2D eigenvalue weighted by molar-refractivity contribution is 0.0604. The van der Waals surface area contributed by atoms with E-state index < -0.39 is 17.3 Å². The summed E-state index contributed by atoms with van der Waals surface area (Å²) in [6.45, 7) is 0.183. The number of nitriles is 1. The van der Waals surface area contributed by atoms with E-state index in [0.29, 0.717) is 18.5 Å². The molecule has 3 rings (SSSR count). The molecule has 1 heterocycles. The molecule has 1 aromatic heterocycles. The second-order valence-electron chi connectivity index (χ2n) is 5.66. The summed E-state index contributed by atoms with van der Waals surface area (Å²) in [5, 5.41) is 12.0. The van der Waals surface area contributed by atoms with Crippen molar-refractivity contribution < 1.29 is 8.78 Å². The summed E-state index contributed by atoms with van der Waals surface area (Å²) in [6, 6.07) is 3.56. The standard InChI is InChI=1S/C14H16F2N4/c15-14(16)11-3-1-2-5-13(11,14)8-20-10-4-6-19-12(18)9(10)7-17/h4,6,11H,1-3,5,8H2,(H3,18,19,20). The summed E-state index contributed by atoms with van der Waals surface area (Å²) in [7, 11) is 0. The Balaban J connectivity index is 1.78. The number of fused-ring (bicyclic) bond motifs is 1. The fourth-order valence-corrected chi connectivity index (χ4v) is 3.50. The molecule has 2 unspecified atom stereocenters. The van der Waals surface area contributed by atoms with Crippen LogP contribution in [0, 0.1) is 22.7 Å². The number of pyridine rings is 1. The lowest BCUT2D eigenvalue weighted by Gasteiger charge is -2.21. The van der Waals surface area contributed by atoms with E-state index in [1.807, 2.05) is 6.07 Å². The fraction of sp³-hybridized carbons (Fsp3) is 0.571. The van der Waals surface area contributed by atoms with Gasteiger partial charge in [-0.2, -0.15) is 5.26 Å². The van der Waals surface area contributed by atoms with E-state index in [1.54, 1.807) is 6.07 Å². The summed E-state index contributed by atoms with van der Waals surface area (Å²) in [6.07, 6.45) is 4.34. The first kappa shape index (κ1) is 13.1. The molecule has 0 bridgehead atoms. The Kier molecular flexibility index (Phi) is 2.82. The zero-order valence-corrected chi connectivity index (χ0v) is 11.0. The molecule has 0 radical (unpaired) electrons. The first-order valence-corrected chi connectivity index (χ1v) is 6.79. The number of nitrogens with two attached hydrogens (primary N) is 1. The number of nitrogens with zero attached hydrogens (tertiary/aromatic N) is 2. The van der Waals surface area contributed by atoms with E-state index in [9.17, 15) is 8.78 Å². The maximum absolute atomic E-state index is 14.0. The van der Waals surface area contributed by atoms with Crippen molar-refractivity contribution in [1.29, 1.82) is 5.26 Å². The molecule has 6 heteroatoms. The van der Waals surface area contributed by atoms with Gasteiger partial charge in [-0.3, -0.25) is 0 Å². The Morgan fingerprint density at radius 3 is 3.00 bits per heavy atom. The van der Waals surface area contributed by atoms with Crippen molar-refractivity contribution in [2.75, 3.05) is 17.6 Å². The summed E-state index contributed by atoms with van der Waals surface area (Å²) in [4.78, 5) is 3.83. The molecule has 3 N–H and O–H groups in total. The summed E-state index contributed by atoms with van der Waals surface area (Å²) in [5.74, 6) is -2.97. The average molecular weight is 278 g/mol. The predicted octanol–water partition coefficient (Wildman–Crippen LogP) is 2.77. The highest BCUT2D eigenvalue weighted by Gasteiger charge is 2.79. The van der Waals surface area contributed by atoms with Gasteiger partial charge in [0.05, 0.1) is 11.1 Å². The van der Waals surface area contributed by atoms with E-state index >= 15 is 0 Å². The Morgan fingerprint density at radius 2 is 2.30 bits per heavy atom. The number of nitrogens with one attached hydrogen (secondary N) is 1. The van der Waals surface area contributed by atoms with Gasteiger partial charge in [-0.15, -0.1) is 0 Å². The van der Waals surface area contributed by atoms with Gasteiger partial charge >= 0.3 is 0 Å². The summed E-state index contributed by atoms with van der Waals surface area (Å²) in [5.41, 5.74) is 5.39. The molecular weight excluding hydrogens is 262 g/mol. The normalized spacial score (nSPS) is 30.1. The average Bonchev–Trinajstić information content (AvgIpc) is 2.94. The minimum atomic E-state index is -2.58. The molecule has 0 aromatic carbocycles. The third-order valence-corrected chi connectivity index (χ3v) is 4.74. The van der Waals surface area contributed by atoms with Crippen LogP contribution in [0.1, 0.15) is 31.2 Å². The van der Waals surface area contributed by atoms with Crippen molar-refractivity contribution in [1.82, 2.24) is 4.98 Å². The second-order valence-corrected chi connectivity index (χ2v) is 5.66. The van der Waals surface area contributed by atoms with Crippen LogP contribution in [0.15, 0.2) is 12.3 Å². The molecule has 2 atom stereocenters. The topological polar surface area (TPSA) is 74.7 Å². The molecule has 1 aromatic rings. The molecule has 4 nitrogen and oxygen atoms in total. The van der Waals surface area contributed by atoms with Gasteiger partial charge in [-0.25, -0.2) is 13.8 Å². The van der Waals surface area contributed by atoms with E-state index in [2.05, 4.69) is 10.3 Å². The highest BCUT2D eigenvalue weighted by Crippen LogP contribution is 2.72. The minimum Gasteiger partial charge on any atom is -0.383 e. The third kappa shape index (κ3) is 1.65. The van der Waals surface area contributed by atoms with Crippen LogP contribution in [-0.4, -0.2) is 17.5 Å². The molecule has 2 aliphatic rings. The largest absolute Gasteiger partial charge is 0.383 e. The summed E-state index contributed by atoms with van der Waals surface area (Å²) >= 11 is 0. The monoisotopic (exact) mass is 278 g/mol. The number of halogens is 2. The molecule has 2 fully saturated rings. The van der Waals surface area contributed by atoms with Crippen LogP contribution < -0.4 is 11.1 Å². The van der Waals surface area contributed by atoms with Crippen LogP contribution in [0.2, 0.25) is 0 Å². The van der Waals surface area contributed by atoms with E-state index in [4.69, 9.17) is 11.0 Å². The highest BCUT2D eigenvalue weighted by molar-refractivity contribution is 5.66. The predicted molar refractivity (Wildman–Crippen MR) is 71.2 cm³/mol. The Labute approximate surface area is 116 Å². The van der Waals surface area contributed by atoms with Crippen LogP contribution in [0.3, 0.4) is 0 Å². The molecule has 0 aliphatic heterocycles. The van der Waals surface area contributed by atoms with E-state index in [-0.39, 0.29) is 17.9 Å². The SMILES string of the molecule is N#Cc1c(NCC23CCCCC2C3(F)F)ccnc1N. The van der Waals surface area contributed by atoms with Crippen molar-refractivity contribution >= 4 is 11.5 Å². The maximum Gasteiger partial charge on any atom is 0.259 e. The van der Waals surface area contributed by atoms with Crippen LogP contribution >= 0.6 is 0 Å². The highest BCUT2D eigenvalue weighted by atomic mass is 19.3. The zero-order chi connectivity index (χ0) is 14.4. The van der Waals surface area contributed by atoms with Crippen molar-refractivity contribution in [3.63, 3.8) is 0 Å². The first-order chi connectivity index (χ1) is 9.53. The van der Waals surface area contributed by atoms with Gasteiger partial charge in [0.2, 0.25) is 0 Å². The van der Waals surface area contributed by atoms with E-state index in [1.165, 1.54) is 6.20 Å². The van der Waals surface area contributed by atoms with E-state index in [0.717, 1.165) is 12.8 Å². The second kappa shape index (κ2) is 4.30. The third-order valence-electron chi connectivity index (χ3n) is 4.74. The maximum atomic E-state index is 14.0. The Hall–Kier alpha value is -1.90. The van der Waals surface area contributed by atoms with Gasteiger partial charge in [0, 0.05) is 18.7 Å². The number of hydrogen-bond acceptors (Lipinski definition) is 4. The summed E-state index contributed by atoms with van der Waals surface area (Å²) < 4.78 is 28.0. The van der Waals surface area contributed by atoms with Crippen molar-refractivity contribution in [3.05, 3.63) is 17.8 Å². The van der Waals surface area contributed by atoms with Gasteiger partial charge in [0.25, 0.3) is 5.92 Å². The molecule has 0 spiro atoms. The number of nitrogen functional groups attached to an aromatic ring is 1. The first-order valence-electron chi connectivity index (χ1n) is 6.79. The van der Waals surface area contributed by atoms with Gasteiger partial charge in [-0.05, 0) is 18.9 Å². The fourth-order valence-electron chi connectivity index (χ4n) is 3.50. The number of aromatic nitrogens is 1. The van der Waals surface area contributed by atoms with Crippen LogP contribution in [0.5, 0.6) is 0 Å². The van der Waals surface area contributed by atoms with Crippen molar-refractivity contribution in [2.45, 2.75) is 31.6 Å². The number of rotatable bonds is 3. The van der Waals surface area contributed by atoms with Gasteiger partial charge < -0.3 is 11.1 Å². The van der Waals surface area contributed by atoms with Gasteiger partial charge in [0.1, 0.15) is 17.5 Å². The number of anilines is 2. The van der Waals surface area contributed by atoms with Gasteiger partial charge in [0.15, 0.2) is 0 Å². The smallest absolute Gasteiger partial charge is 0.259 e. The van der Waals surface area contributed by atoms with Gasteiger partial charge in [-0.1, -0.05) is 12.8 Å². The van der Waals surface area contributed by atoms with Crippen molar-refractivity contribution in [3.8, 4) is 6.07 Å². The molecule has 2 aliphatic carbocycles. The molecule has 2 saturated carbocycles. The zero-order valence-electron chi connectivity index (χ0n) is 11.0. The molecule has 20 heavy (non-hydrogen) atoms. The minimum absolute atomic E-state index is 0.123. The number of alkyl halides is 2. The van der Waals surface area contributed by atoms with Crippen molar-refractivity contribution in [2.24, 2.45) is 11.3 Å². The number of hydrogen-bond donors (Lipinski definition) is 2. The molecule has 106 valence electrons. The molecule has 0 saturated heterocycles. The molecule has 0 amide bonds. The lowest BCUT2D eigenvalue weighted by Crippen LogP contribution is -2.24. The Morgan fingerprint density at radius 1 is 1.50 bits per heavy atom. The lowest BCUT2D eigenvalue weighted by atomic mass is 9.88. The quantitative estimate of drug-likeness (QED) is 0.891. The van der Waals surface area contributed by atoms with Crippen LogP contribution in [0.25, 0.3) is 0 Å². The van der Waals surface area contributed by atoms with Crippen LogP contribution in [0.4, 0.5) is 20.3 Å². The Bertz CT molecular complexity index is 581. The van der Waals surface area contributed by atoms with Crippen LogP contribution in [-0.2, 0) is 0 Å².